The van der Waals surface area contributed by atoms with E-state index in [-0.39, 0.29) is 5.56 Å². The van der Waals surface area contributed by atoms with Crippen LogP contribution in [0.1, 0.15) is 0 Å². The molecule has 0 unspecified atom stereocenters. The minimum atomic E-state index is -0.152. The molecule has 0 spiro atoms. The summed E-state index contributed by atoms with van der Waals surface area (Å²) in [5, 5.41) is 0. The molecule has 0 aromatic carbocycles. The number of aromatic nitrogens is 3. The Kier molecular flexibility index (Phi) is 2.06. The molecule has 0 radical (unpaired) electrons. The molecule has 0 fully saturated rings. The number of nitrogens with one attached hydrogen (secondary N) is 1. The van der Waals surface area contributed by atoms with Crippen molar-refractivity contribution in [1.29, 1.82) is 0 Å². The number of anilines is 1. The zero-order chi connectivity index (χ0) is 9.97. The van der Waals surface area contributed by atoms with Crippen molar-refractivity contribution in [2.75, 3.05) is 5.43 Å². The minimum Gasteiger partial charge on any atom is -0.314 e. The summed E-state index contributed by atoms with van der Waals surface area (Å²) in [6, 6.07) is 3.72. The second kappa shape index (κ2) is 3.37. The van der Waals surface area contributed by atoms with E-state index < -0.39 is 0 Å². The Hall–Kier alpha value is -2.04. The maximum atomic E-state index is 11.5. The van der Waals surface area contributed by atoms with Crippen molar-refractivity contribution in [3.63, 3.8) is 0 Å². The van der Waals surface area contributed by atoms with Crippen LogP contribution in [0, 0.1) is 0 Å². The van der Waals surface area contributed by atoms with Gasteiger partial charge in [0.2, 0.25) is 5.82 Å². The van der Waals surface area contributed by atoms with E-state index in [1.165, 1.54) is 4.57 Å². The molecule has 0 atom stereocenters. The largest absolute Gasteiger partial charge is 0.314 e. The maximum absolute atomic E-state index is 11.5. The lowest BCUT2D eigenvalue weighted by Crippen LogP contribution is -2.23. The number of aryl methyl sites for hydroxylation is 1. The Morgan fingerprint density at radius 3 is 2.71 bits per heavy atom. The monoisotopic (exact) mass is 190 g/mol. The summed E-state index contributed by atoms with van der Waals surface area (Å²) < 4.78 is 3.14. The summed E-state index contributed by atoms with van der Waals surface area (Å²) in [4.78, 5) is 15.5. The predicted molar refractivity (Wildman–Crippen MR) is 52.9 cm³/mol. The van der Waals surface area contributed by atoms with E-state index in [0.29, 0.717) is 5.82 Å². The molecule has 14 heavy (non-hydrogen) atoms. The average molecular weight is 190 g/mol. The van der Waals surface area contributed by atoms with Crippen LogP contribution in [0.2, 0.25) is 0 Å². The summed E-state index contributed by atoms with van der Waals surface area (Å²) in [7, 11) is 1.69. The molecule has 0 aliphatic heterocycles. The summed E-state index contributed by atoms with van der Waals surface area (Å²) >= 11 is 0. The van der Waals surface area contributed by atoms with Gasteiger partial charge in [0, 0.05) is 31.8 Å². The van der Waals surface area contributed by atoms with E-state index in [1.807, 2.05) is 12.1 Å². The molecule has 2 heterocycles. The van der Waals surface area contributed by atoms with E-state index >= 15 is 0 Å². The van der Waals surface area contributed by atoms with Crippen LogP contribution in [0.25, 0.3) is 0 Å². The van der Waals surface area contributed by atoms with E-state index in [2.05, 4.69) is 10.4 Å². The van der Waals surface area contributed by atoms with Crippen molar-refractivity contribution in [1.82, 2.24) is 14.2 Å². The van der Waals surface area contributed by atoms with Gasteiger partial charge in [0.25, 0.3) is 5.56 Å². The first kappa shape index (κ1) is 8.55. The van der Waals surface area contributed by atoms with Gasteiger partial charge in [-0.3, -0.25) is 14.9 Å². The molecule has 2 aromatic rings. The van der Waals surface area contributed by atoms with Crippen molar-refractivity contribution in [2.45, 2.75) is 0 Å². The molecular formula is C9H10N4O. The van der Waals surface area contributed by atoms with Crippen LogP contribution in [0.15, 0.2) is 41.7 Å². The van der Waals surface area contributed by atoms with Crippen LogP contribution in [-0.2, 0) is 7.05 Å². The third kappa shape index (κ3) is 1.52. The summed E-state index contributed by atoms with van der Waals surface area (Å²) in [6.07, 6.45) is 6.79. The van der Waals surface area contributed by atoms with Gasteiger partial charge < -0.3 is 4.57 Å². The first-order valence-corrected chi connectivity index (χ1v) is 4.19. The maximum Gasteiger partial charge on any atom is 0.294 e. The van der Waals surface area contributed by atoms with E-state index in [0.717, 1.165) is 0 Å². The molecule has 0 bridgehead atoms. The van der Waals surface area contributed by atoms with E-state index in [9.17, 15) is 4.79 Å². The van der Waals surface area contributed by atoms with Crippen molar-refractivity contribution in [3.8, 4) is 0 Å². The van der Waals surface area contributed by atoms with Crippen molar-refractivity contribution in [2.24, 2.45) is 7.05 Å². The molecule has 0 aliphatic carbocycles. The molecule has 5 heteroatoms. The molecule has 0 saturated carbocycles. The third-order valence-electron chi connectivity index (χ3n) is 1.86. The van der Waals surface area contributed by atoms with Gasteiger partial charge in [-0.05, 0) is 12.1 Å². The van der Waals surface area contributed by atoms with Gasteiger partial charge in [0.05, 0.1) is 0 Å². The number of nitrogens with zero attached hydrogens (tertiary/aromatic N) is 3. The Bertz CT molecular complexity index is 472. The second-order valence-corrected chi connectivity index (χ2v) is 2.89. The molecule has 2 rings (SSSR count). The fraction of sp³-hybridized carbons (Fsp3) is 0.111. The van der Waals surface area contributed by atoms with Crippen molar-refractivity contribution >= 4 is 5.82 Å². The third-order valence-corrected chi connectivity index (χ3v) is 1.86. The highest BCUT2D eigenvalue weighted by atomic mass is 16.1. The summed E-state index contributed by atoms with van der Waals surface area (Å²) in [5.74, 6) is 0.311. The van der Waals surface area contributed by atoms with Gasteiger partial charge in [-0.15, -0.1) is 0 Å². The van der Waals surface area contributed by atoms with Crippen LogP contribution >= 0.6 is 0 Å². The molecular weight excluding hydrogens is 180 g/mol. The van der Waals surface area contributed by atoms with Gasteiger partial charge in [-0.25, -0.2) is 4.98 Å². The van der Waals surface area contributed by atoms with Crippen molar-refractivity contribution in [3.05, 3.63) is 47.3 Å². The van der Waals surface area contributed by atoms with E-state index in [1.54, 1.807) is 36.5 Å². The highest BCUT2D eigenvalue weighted by Crippen LogP contribution is 1.94. The average Bonchev–Trinajstić information content (AvgIpc) is 2.66. The highest BCUT2D eigenvalue weighted by Gasteiger charge is 2.00. The van der Waals surface area contributed by atoms with Gasteiger partial charge in [-0.2, -0.15) is 0 Å². The lowest BCUT2D eigenvalue weighted by molar-refractivity contribution is 0.827. The fourth-order valence-corrected chi connectivity index (χ4v) is 1.11. The standard InChI is InChI=1S/C9H10N4O/c1-12-7-4-10-8(9(12)14)11-13-5-2-3-6-13/h2-7H,1H3,(H,10,11). The first-order valence-electron chi connectivity index (χ1n) is 4.19. The van der Waals surface area contributed by atoms with Gasteiger partial charge in [-0.1, -0.05) is 0 Å². The quantitative estimate of drug-likeness (QED) is 0.748. The number of hydrogen-bond acceptors (Lipinski definition) is 3. The molecule has 1 N–H and O–H groups in total. The number of rotatable bonds is 2. The molecule has 0 aliphatic rings. The SMILES string of the molecule is Cn1ccnc(Nn2cccc2)c1=O. The Morgan fingerprint density at radius 1 is 1.29 bits per heavy atom. The highest BCUT2D eigenvalue weighted by molar-refractivity contribution is 5.30. The lowest BCUT2D eigenvalue weighted by atomic mass is 10.6. The molecule has 72 valence electrons. The van der Waals surface area contributed by atoms with Crippen LogP contribution in [0.4, 0.5) is 5.82 Å². The fourth-order valence-electron chi connectivity index (χ4n) is 1.11. The summed E-state index contributed by atoms with van der Waals surface area (Å²) in [6.45, 7) is 0. The van der Waals surface area contributed by atoms with Crippen LogP contribution < -0.4 is 11.0 Å². The number of hydrogen-bond donors (Lipinski definition) is 1. The van der Waals surface area contributed by atoms with Crippen LogP contribution in [0.3, 0.4) is 0 Å². The van der Waals surface area contributed by atoms with Crippen LogP contribution in [0.5, 0.6) is 0 Å². The van der Waals surface area contributed by atoms with Gasteiger partial charge in [0.1, 0.15) is 0 Å². The zero-order valence-electron chi connectivity index (χ0n) is 7.71. The van der Waals surface area contributed by atoms with Crippen LogP contribution in [-0.4, -0.2) is 14.2 Å². The topological polar surface area (TPSA) is 51.9 Å². The second-order valence-electron chi connectivity index (χ2n) is 2.89. The minimum absolute atomic E-state index is 0.152. The predicted octanol–water partition coefficient (Wildman–Crippen LogP) is 0.457. The smallest absolute Gasteiger partial charge is 0.294 e. The Morgan fingerprint density at radius 2 is 2.00 bits per heavy atom. The molecule has 5 nitrogen and oxygen atoms in total. The normalized spacial score (nSPS) is 10.1. The first-order chi connectivity index (χ1) is 6.77. The molecule has 0 amide bonds. The Labute approximate surface area is 80.6 Å². The lowest BCUT2D eigenvalue weighted by Gasteiger charge is -2.05. The summed E-state index contributed by atoms with van der Waals surface area (Å²) in [5.41, 5.74) is 2.71. The van der Waals surface area contributed by atoms with E-state index in [4.69, 9.17) is 0 Å². The van der Waals surface area contributed by atoms with Crippen molar-refractivity contribution < 1.29 is 0 Å². The van der Waals surface area contributed by atoms with Gasteiger partial charge >= 0.3 is 0 Å². The zero-order valence-corrected chi connectivity index (χ0v) is 7.71. The molecule has 0 saturated heterocycles. The van der Waals surface area contributed by atoms with Gasteiger partial charge in [0.15, 0.2) is 0 Å². The Balaban J connectivity index is 2.34. The molecule has 2 aromatic heterocycles.